The Morgan fingerprint density at radius 2 is 1.83 bits per heavy atom. The highest BCUT2D eigenvalue weighted by molar-refractivity contribution is 5.75. The first-order chi connectivity index (χ1) is 11.8. The van der Waals surface area contributed by atoms with Crippen LogP contribution in [0, 0.1) is 0 Å². The van der Waals surface area contributed by atoms with E-state index < -0.39 is 0 Å². The number of fused-ring (bicyclic) bond motifs is 1. The molecule has 118 valence electrons. The van der Waals surface area contributed by atoms with Gasteiger partial charge in [0.1, 0.15) is 17.0 Å². The fourth-order valence-corrected chi connectivity index (χ4v) is 2.73. The SMILES string of the molecule is CCc1nc2c(cnn2-c2ccccc2)c(=O)n1-c1ccccn1. The minimum atomic E-state index is -0.155. The van der Waals surface area contributed by atoms with Gasteiger partial charge in [0.2, 0.25) is 0 Å². The second-order valence-corrected chi connectivity index (χ2v) is 5.34. The number of rotatable bonds is 3. The summed E-state index contributed by atoms with van der Waals surface area (Å²) in [5.41, 5.74) is 1.28. The fourth-order valence-electron chi connectivity index (χ4n) is 2.73. The molecular formula is C18H15N5O. The first-order valence-electron chi connectivity index (χ1n) is 7.76. The molecule has 6 nitrogen and oxygen atoms in total. The van der Waals surface area contributed by atoms with Crippen molar-refractivity contribution < 1.29 is 0 Å². The smallest absolute Gasteiger partial charge is 0.268 e. The summed E-state index contributed by atoms with van der Waals surface area (Å²) in [5.74, 6) is 1.23. The lowest BCUT2D eigenvalue weighted by atomic mass is 10.3. The maximum Gasteiger partial charge on any atom is 0.270 e. The van der Waals surface area contributed by atoms with Gasteiger partial charge < -0.3 is 0 Å². The first-order valence-corrected chi connectivity index (χ1v) is 7.76. The van der Waals surface area contributed by atoms with E-state index in [1.54, 1.807) is 27.7 Å². The predicted octanol–water partition coefficient (Wildman–Crippen LogP) is 2.53. The number of aryl methyl sites for hydroxylation is 1. The molecule has 4 rings (SSSR count). The summed E-state index contributed by atoms with van der Waals surface area (Å²) in [6.07, 6.45) is 3.84. The van der Waals surface area contributed by atoms with Gasteiger partial charge in [0, 0.05) is 12.6 Å². The third kappa shape index (κ3) is 2.20. The van der Waals surface area contributed by atoms with Gasteiger partial charge in [-0.1, -0.05) is 31.2 Å². The molecule has 0 saturated heterocycles. The monoisotopic (exact) mass is 317 g/mol. The molecule has 4 aromatic rings. The van der Waals surface area contributed by atoms with Gasteiger partial charge in [-0.3, -0.25) is 4.79 Å². The Kier molecular flexibility index (Phi) is 3.42. The quantitative estimate of drug-likeness (QED) is 0.582. The molecule has 1 aromatic carbocycles. The summed E-state index contributed by atoms with van der Waals surface area (Å²) in [7, 11) is 0. The van der Waals surface area contributed by atoms with Crippen LogP contribution in [0.3, 0.4) is 0 Å². The number of nitrogens with zero attached hydrogens (tertiary/aromatic N) is 5. The van der Waals surface area contributed by atoms with E-state index in [0.29, 0.717) is 29.1 Å². The molecule has 0 N–H and O–H groups in total. The highest BCUT2D eigenvalue weighted by atomic mass is 16.1. The zero-order chi connectivity index (χ0) is 16.5. The van der Waals surface area contributed by atoms with Crippen LogP contribution in [0.2, 0.25) is 0 Å². The Hall–Kier alpha value is -3.28. The molecule has 0 aliphatic heterocycles. The van der Waals surface area contributed by atoms with Crippen LogP contribution in [0.4, 0.5) is 0 Å². The van der Waals surface area contributed by atoms with E-state index >= 15 is 0 Å². The van der Waals surface area contributed by atoms with Crippen molar-refractivity contribution in [2.75, 3.05) is 0 Å². The molecule has 0 spiro atoms. The second kappa shape index (κ2) is 5.73. The van der Waals surface area contributed by atoms with Crippen LogP contribution >= 0.6 is 0 Å². The van der Waals surface area contributed by atoms with Crippen molar-refractivity contribution in [2.45, 2.75) is 13.3 Å². The van der Waals surface area contributed by atoms with Crippen LogP contribution in [0.15, 0.2) is 65.7 Å². The lowest BCUT2D eigenvalue weighted by Crippen LogP contribution is -2.24. The van der Waals surface area contributed by atoms with Crippen LogP contribution in [0.5, 0.6) is 0 Å². The Balaban J connectivity index is 2.02. The maximum absolute atomic E-state index is 13.0. The molecule has 0 unspecified atom stereocenters. The van der Waals surface area contributed by atoms with Gasteiger partial charge in [-0.15, -0.1) is 0 Å². The molecule has 0 saturated carbocycles. The molecule has 0 atom stereocenters. The molecule has 24 heavy (non-hydrogen) atoms. The molecule has 3 aromatic heterocycles. The van der Waals surface area contributed by atoms with Crippen molar-refractivity contribution in [2.24, 2.45) is 0 Å². The second-order valence-electron chi connectivity index (χ2n) is 5.34. The number of hydrogen-bond acceptors (Lipinski definition) is 4. The van der Waals surface area contributed by atoms with Crippen LogP contribution in [-0.2, 0) is 6.42 Å². The van der Waals surface area contributed by atoms with Gasteiger partial charge in [0.15, 0.2) is 5.65 Å². The van der Waals surface area contributed by atoms with Crippen molar-refractivity contribution in [1.29, 1.82) is 0 Å². The molecule has 0 fully saturated rings. The summed E-state index contributed by atoms with van der Waals surface area (Å²) < 4.78 is 3.25. The van der Waals surface area contributed by atoms with Gasteiger partial charge in [-0.05, 0) is 24.3 Å². The third-order valence-electron chi connectivity index (χ3n) is 3.87. The van der Waals surface area contributed by atoms with Crippen LogP contribution < -0.4 is 5.56 Å². The highest BCUT2D eigenvalue weighted by Gasteiger charge is 2.16. The van der Waals surface area contributed by atoms with Gasteiger partial charge >= 0.3 is 0 Å². The average molecular weight is 317 g/mol. The third-order valence-corrected chi connectivity index (χ3v) is 3.87. The lowest BCUT2D eigenvalue weighted by molar-refractivity contribution is 0.800. The van der Waals surface area contributed by atoms with E-state index in [4.69, 9.17) is 4.98 Å². The Morgan fingerprint density at radius 3 is 2.54 bits per heavy atom. The molecule has 0 bridgehead atoms. The highest BCUT2D eigenvalue weighted by Crippen LogP contribution is 2.16. The zero-order valence-electron chi connectivity index (χ0n) is 13.1. The van der Waals surface area contributed by atoms with E-state index in [0.717, 1.165) is 5.69 Å². The summed E-state index contributed by atoms with van der Waals surface area (Å²) in [4.78, 5) is 22.0. The summed E-state index contributed by atoms with van der Waals surface area (Å²) >= 11 is 0. The zero-order valence-corrected chi connectivity index (χ0v) is 13.1. The van der Waals surface area contributed by atoms with Crippen molar-refractivity contribution in [3.05, 3.63) is 77.1 Å². The first kappa shape index (κ1) is 14.3. The standard InChI is InChI=1S/C18H15N5O/c1-2-15-21-17-14(12-20-23(17)13-8-4-3-5-9-13)18(24)22(15)16-10-6-7-11-19-16/h3-12H,2H2,1H3. The van der Waals surface area contributed by atoms with Gasteiger partial charge in [0.25, 0.3) is 5.56 Å². The molecule has 3 heterocycles. The van der Waals surface area contributed by atoms with Gasteiger partial charge in [-0.25, -0.2) is 19.2 Å². The van der Waals surface area contributed by atoms with Crippen LogP contribution in [0.1, 0.15) is 12.7 Å². The van der Waals surface area contributed by atoms with E-state index in [1.807, 2.05) is 49.4 Å². The number of hydrogen-bond donors (Lipinski definition) is 0. The molecule has 0 aliphatic rings. The Bertz CT molecular complexity index is 1050. The van der Waals surface area contributed by atoms with E-state index in [-0.39, 0.29) is 5.56 Å². The lowest BCUT2D eigenvalue weighted by Gasteiger charge is -2.10. The fraction of sp³-hybridized carbons (Fsp3) is 0.111. The number of benzene rings is 1. The van der Waals surface area contributed by atoms with Crippen molar-refractivity contribution in [3.63, 3.8) is 0 Å². The maximum atomic E-state index is 13.0. The predicted molar refractivity (Wildman–Crippen MR) is 91.6 cm³/mol. The van der Waals surface area contributed by atoms with Gasteiger partial charge in [-0.2, -0.15) is 5.10 Å². The average Bonchev–Trinajstić information content (AvgIpc) is 3.07. The van der Waals surface area contributed by atoms with Gasteiger partial charge in [0.05, 0.1) is 11.9 Å². The largest absolute Gasteiger partial charge is 0.270 e. The topological polar surface area (TPSA) is 65.6 Å². The summed E-state index contributed by atoms with van der Waals surface area (Å²) in [6, 6.07) is 15.1. The molecule has 0 aliphatic carbocycles. The van der Waals surface area contributed by atoms with Crippen molar-refractivity contribution in [3.8, 4) is 11.5 Å². The number of aromatic nitrogens is 5. The normalized spacial score (nSPS) is 11.0. The molecule has 0 amide bonds. The summed E-state index contributed by atoms with van der Waals surface area (Å²) in [5, 5.41) is 4.83. The minimum absolute atomic E-state index is 0.155. The molecule has 6 heteroatoms. The van der Waals surface area contributed by atoms with Crippen LogP contribution in [0.25, 0.3) is 22.5 Å². The molecular weight excluding hydrogens is 302 g/mol. The summed E-state index contributed by atoms with van der Waals surface area (Å²) in [6.45, 7) is 1.97. The van der Waals surface area contributed by atoms with E-state index in [9.17, 15) is 4.79 Å². The van der Waals surface area contributed by atoms with Crippen LogP contribution in [-0.4, -0.2) is 24.3 Å². The number of para-hydroxylation sites is 1. The number of pyridine rings is 1. The van der Waals surface area contributed by atoms with Crippen molar-refractivity contribution in [1.82, 2.24) is 24.3 Å². The Morgan fingerprint density at radius 1 is 1.04 bits per heavy atom. The van der Waals surface area contributed by atoms with Crippen molar-refractivity contribution >= 4 is 11.0 Å². The minimum Gasteiger partial charge on any atom is -0.268 e. The molecule has 0 radical (unpaired) electrons. The Labute approximate surface area is 138 Å². The van der Waals surface area contributed by atoms with E-state index in [1.165, 1.54) is 0 Å². The van der Waals surface area contributed by atoms with E-state index in [2.05, 4.69) is 10.1 Å².